The summed E-state index contributed by atoms with van der Waals surface area (Å²) in [6.45, 7) is 3.92. The molecule has 0 amide bonds. The first-order valence-corrected chi connectivity index (χ1v) is 4.49. The average Bonchev–Trinajstić information content (AvgIpc) is 2.47. The largest absolute Gasteiger partial charge is 0.389 e. The molecule has 5 heteroatoms. The highest BCUT2D eigenvalue weighted by Gasteiger charge is 2.27. The molecule has 0 aliphatic heterocycles. The number of rotatable bonds is 3. The van der Waals surface area contributed by atoms with Crippen LogP contribution < -0.4 is 0 Å². The number of aromatic amines is 1. The van der Waals surface area contributed by atoms with Gasteiger partial charge in [-0.15, -0.1) is 0 Å². The smallest absolute Gasteiger partial charge is 0.346 e. The van der Waals surface area contributed by atoms with Crippen LogP contribution in [0.25, 0.3) is 0 Å². The zero-order chi connectivity index (χ0) is 10.8. The second kappa shape index (κ2) is 4.02. The molecule has 0 saturated carbocycles. The van der Waals surface area contributed by atoms with Gasteiger partial charge in [-0.1, -0.05) is 13.8 Å². The van der Waals surface area contributed by atoms with Crippen molar-refractivity contribution in [3.63, 3.8) is 0 Å². The predicted molar refractivity (Wildman–Crippen MR) is 47.1 cm³/mol. The van der Waals surface area contributed by atoms with Gasteiger partial charge in [0.2, 0.25) is 0 Å². The molecule has 80 valence electrons. The summed E-state index contributed by atoms with van der Waals surface area (Å²) in [5, 5.41) is 0. The van der Waals surface area contributed by atoms with E-state index >= 15 is 0 Å². The highest BCUT2D eigenvalue weighted by Crippen LogP contribution is 2.21. The Morgan fingerprint density at radius 1 is 1.43 bits per heavy atom. The maximum Gasteiger partial charge on any atom is 0.389 e. The van der Waals surface area contributed by atoms with Gasteiger partial charge in [0.15, 0.2) is 0 Å². The van der Waals surface area contributed by atoms with Gasteiger partial charge in [0.05, 0.1) is 6.42 Å². The van der Waals surface area contributed by atoms with Gasteiger partial charge >= 0.3 is 6.18 Å². The van der Waals surface area contributed by atoms with Crippen LogP contribution in [-0.4, -0.2) is 16.1 Å². The van der Waals surface area contributed by atoms with Crippen molar-refractivity contribution in [3.8, 4) is 0 Å². The van der Waals surface area contributed by atoms with Gasteiger partial charge in [0.1, 0.15) is 5.82 Å². The monoisotopic (exact) mass is 206 g/mol. The van der Waals surface area contributed by atoms with E-state index in [1.807, 2.05) is 13.8 Å². The number of hydrogen-bond donors (Lipinski definition) is 1. The SMILES string of the molecule is CC(C)c1cnc(CCC(F)(F)F)[nH]1. The summed E-state index contributed by atoms with van der Waals surface area (Å²) in [5.74, 6) is 0.674. The second-order valence-corrected chi connectivity index (χ2v) is 3.56. The van der Waals surface area contributed by atoms with Crippen molar-refractivity contribution in [1.29, 1.82) is 0 Å². The van der Waals surface area contributed by atoms with Crippen molar-refractivity contribution in [2.45, 2.75) is 38.8 Å². The van der Waals surface area contributed by atoms with Crippen molar-refractivity contribution < 1.29 is 13.2 Å². The Labute approximate surface area is 80.5 Å². The van der Waals surface area contributed by atoms with E-state index in [1.165, 1.54) is 0 Å². The van der Waals surface area contributed by atoms with Crippen LogP contribution in [0, 0.1) is 0 Å². The molecule has 0 aliphatic carbocycles. The molecule has 0 spiro atoms. The molecule has 0 saturated heterocycles. The summed E-state index contributed by atoms with van der Waals surface area (Å²) in [6.07, 6.45) is -3.41. The molecule has 0 fully saturated rings. The van der Waals surface area contributed by atoms with Gasteiger partial charge in [0.25, 0.3) is 0 Å². The number of halogens is 3. The van der Waals surface area contributed by atoms with E-state index in [1.54, 1.807) is 6.20 Å². The highest BCUT2D eigenvalue weighted by molar-refractivity contribution is 5.05. The minimum atomic E-state index is -4.11. The molecule has 1 rings (SSSR count). The van der Waals surface area contributed by atoms with E-state index in [0.29, 0.717) is 5.82 Å². The lowest BCUT2D eigenvalue weighted by Gasteiger charge is -2.03. The van der Waals surface area contributed by atoms with Gasteiger partial charge < -0.3 is 4.98 Å². The minimum absolute atomic E-state index is 0.0732. The highest BCUT2D eigenvalue weighted by atomic mass is 19.4. The average molecular weight is 206 g/mol. The molecule has 0 aromatic carbocycles. The molecule has 2 nitrogen and oxygen atoms in total. The van der Waals surface area contributed by atoms with Crippen LogP contribution in [0.5, 0.6) is 0 Å². The molecule has 0 unspecified atom stereocenters. The Hall–Kier alpha value is -1.00. The molecular weight excluding hydrogens is 193 g/mol. The van der Waals surface area contributed by atoms with Crippen molar-refractivity contribution in [2.75, 3.05) is 0 Å². The molecule has 0 atom stereocenters. The molecule has 1 aromatic rings. The molecule has 0 aliphatic rings. The predicted octanol–water partition coefficient (Wildman–Crippen LogP) is 3.03. The van der Waals surface area contributed by atoms with Crippen molar-refractivity contribution >= 4 is 0 Å². The molecule has 1 N–H and O–H groups in total. The van der Waals surface area contributed by atoms with E-state index in [9.17, 15) is 13.2 Å². The number of aromatic nitrogens is 2. The maximum absolute atomic E-state index is 11.9. The van der Waals surface area contributed by atoms with Crippen molar-refractivity contribution in [1.82, 2.24) is 9.97 Å². The Morgan fingerprint density at radius 2 is 2.07 bits per heavy atom. The third-order valence-corrected chi connectivity index (χ3v) is 1.92. The Balaban J connectivity index is 2.52. The van der Waals surface area contributed by atoms with E-state index in [2.05, 4.69) is 9.97 Å². The summed E-state index contributed by atoms with van der Waals surface area (Å²) < 4.78 is 35.6. The van der Waals surface area contributed by atoms with Crippen molar-refractivity contribution in [3.05, 3.63) is 17.7 Å². The molecule has 0 radical (unpaired) electrons. The quantitative estimate of drug-likeness (QED) is 0.809. The van der Waals surface area contributed by atoms with Crippen molar-refractivity contribution in [2.24, 2.45) is 0 Å². The van der Waals surface area contributed by atoms with Crippen LogP contribution in [0.4, 0.5) is 13.2 Å². The van der Waals surface area contributed by atoms with Crippen LogP contribution >= 0.6 is 0 Å². The first-order valence-electron chi connectivity index (χ1n) is 4.49. The summed E-state index contributed by atoms with van der Waals surface area (Å²) in [4.78, 5) is 6.76. The summed E-state index contributed by atoms with van der Waals surface area (Å²) in [7, 11) is 0. The number of imidazole rings is 1. The first-order chi connectivity index (χ1) is 6.38. The molecule has 0 bridgehead atoms. The fourth-order valence-corrected chi connectivity index (χ4v) is 1.06. The first kappa shape index (κ1) is 11.1. The second-order valence-electron chi connectivity index (χ2n) is 3.56. The lowest BCUT2D eigenvalue weighted by Crippen LogP contribution is -2.09. The van der Waals surface area contributed by atoms with Crippen LogP contribution in [0.1, 0.15) is 37.7 Å². The van der Waals surface area contributed by atoms with Gasteiger partial charge in [-0.2, -0.15) is 13.2 Å². The van der Waals surface area contributed by atoms with Crippen LogP contribution in [-0.2, 0) is 6.42 Å². The van der Waals surface area contributed by atoms with E-state index < -0.39 is 12.6 Å². The Morgan fingerprint density at radius 3 is 2.50 bits per heavy atom. The summed E-state index contributed by atoms with van der Waals surface area (Å²) in [6, 6.07) is 0. The number of alkyl halides is 3. The van der Waals surface area contributed by atoms with E-state index in [-0.39, 0.29) is 12.3 Å². The molecule has 1 aromatic heterocycles. The maximum atomic E-state index is 11.9. The number of nitrogens with zero attached hydrogens (tertiary/aromatic N) is 1. The fourth-order valence-electron chi connectivity index (χ4n) is 1.06. The third kappa shape index (κ3) is 3.40. The number of nitrogens with one attached hydrogen (secondary N) is 1. The molecule has 1 heterocycles. The molecule has 14 heavy (non-hydrogen) atoms. The molecular formula is C9H13F3N2. The van der Waals surface area contributed by atoms with Crippen LogP contribution in [0.2, 0.25) is 0 Å². The lowest BCUT2D eigenvalue weighted by molar-refractivity contribution is -0.134. The summed E-state index contributed by atoms with van der Waals surface area (Å²) in [5.41, 5.74) is 0.877. The van der Waals surface area contributed by atoms with Crippen LogP contribution in [0.3, 0.4) is 0 Å². The van der Waals surface area contributed by atoms with Crippen LogP contribution in [0.15, 0.2) is 6.20 Å². The fraction of sp³-hybridized carbons (Fsp3) is 0.667. The normalized spacial score (nSPS) is 12.4. The zero-order valence-corrected chi connectivity index (χ0v) is 8.15. The van der Waals surface area contributed by atoms with Gasteiger partial charge in [-0.25, -0.2) is 4.98 Å². The zero-order valence-electron chi connectivity index (χ0n) is 8.15. The third-order valence-electron chi connectivity index (χ3n) is 1.92. The Kier molecular flexibility index (Phi) is 3.18. The lowest BCUT2D eigenvalue weighted by atomic mass is 10.2. The number of aryl methyl sites for hydroxylation is 1. The van der Waals surface area contributed by atoms with E-state index in [4.69, 9.17) is 0 Å². The standard InChI is InChI=1S/C9H13F3N2/c1-6(2)7-5-13-8(14-7)3-4-9(10,11)12/h5-6H,3-4H2,1-2H3,(H,13,14). The minimum Gasteiger partial charge on any atom is -0.346 e. The van der Waals surface area contributed by atoms with Gasteiger partial charge in [-0.3, -0.25) is 0 Å². The summed E-state index contributed by atoms with van der Waals surface area (Å²) >= 11 is 0. The van der Waals surface area contributed by atoms with Gasteiger partial charge in [-0.05, 0) is 5.92 Å². The number of hydrogen-bond acceptors (Lipinski definition) is 1. The Bertz CT molecular complexity index is 288. The number of H-pyrrole nitrogens is 1. The van der Waals surface area contributed by atoms with E-state index in [0.717, 1.165) is 5.69 Å². The van der Waals surface area contributed by atoms with Gasteiger partial charge in [0, 0.05) is 18.3 Å². The topological polar surface area (TPSA) is 28.7 Å².